The van der Waals surface area contributed by atoms with Crippen LogP contribution < -0.4 is 5.32 Å². The molecule has 216 valence electrons. The van der Waals surface area contributed by atoms with E-state index in [4.69, 9.17) is 9.72 Å². The van der Waals surface area contributed by atoms with Gasteiger partial charge in [0.05, 0.1) is 22.0 Å². The summed E-state index contributed by atoms with van der Waals surface area (Å²) in [5, 5.41) is 13.0. The van der Waals surface area contributed by atoms with Gasteiger partial charge in [-0.15, -0.1) is 11.3 Å². The number of hydrogen-bond donors (Lipinski definition) is 1. The Morgan fingerprint density at radius 3 is 2.35 bits per heavy atom. The van der Waals surface area contributed by atoms with E-state index in [-0.39, 0.29) is 22.8 Å². The van der Waals surface area contributed by atoms with Crippen molar-refractivity contribution in [2.24, 2.45) is 21.5 Å². The van der Waals surface area contributed by atoms with Gasteiger partial charge in [-0.1, -0.05) is 85.8 Å². The van der Waals surface area contributed by atoms with Gasteiger partial charge in [-0.05, 0) is 47.8 Å². The van der Waals surface area contributed by atoms with E-state index in [1.165, 1.54) is 43.2 Å². The maximum absolute atomic E-state index is 13.3. The lowest BCUT2D eigenvalue weighted by molar-refractivity contribution is 0.0696. The molecule has 2 aromatic rings. The van der Waals surface area contributed by atoms with Gasteiger partial charge in [0.1, 0.15) is 0 Å². The second-order valence-corrected chi connectivity index (χ2v) is 14.9. The molecule has 2 fully saturated rings. The van der Waals surface area contributed by atoms with Crippen molar-refractivity contribution in [3.05, 3.63) is 40.0 Å². The standard InChI is InChI=1S/C33H46N4O2S/c1-32(2,3)25-19-22(12-13-24(25)26-20-28(37-36-26)33(4,5)6)29-27(18-21-10-8-7-9-11-21)35-31(40-29)30(38)34-23-14-16-39-17-15-23/h12-13,19,21,23H,7-11,14-18,20H2,1-6H3,(H,34,38). The fourth-order valence-electron chi connectivity index (χ4n) is 6.04. The maximum Gasteiger partial charge on any atom is 0.280 e. The predicted octanol–water partition coefficient (Wildman–Crippen LogP) is 7.73. The fraction of sp³-hybridized carbons (Fsp3) is 0.636. The summed E-state index contributed by atoms with van der Waals surface area (Å²) in [5.74, 6) is 0.594. The van der Waals surface area contributed by atoms with Gasteiger partial charge in [-0.3, -0.25) is 4.79 Å². The molecule has 1 N–H and O–H groups in total. The van der Waals surface area contributed by atoms with E-state index in [2.05, 4.69) is 75.3 Å². The molecule has 1 aromatic heterocycles. The van der Waals surface area contributed by atoms with Crippen LogP contribution in [0.4, 0.5) is 0 Å². The van der Waals surface area contributed by atoms with Crippen molar-refractivity contribution >= 4 is 28.7 Å². The fourth-order valence-corrected chi connectivity index (χ4v) is 7.03. The molecule has 1 aromatic carbocycles. The monoisotopic (exact) mass is 562 g/mol. The van der Waals surface area contributed by atoms with E-state index in [0.29, 0.717) is 24.1 Å². The third kappa shape index (κ3) is 6.73. The molecule has 2 aliphatic heterocycles. The van der Waals surface area contributed by atoms with Crippen LogP contribution in [0, 0.1) is 11.3 Å². The first kappa shape index (κ1) is 29.1. The van der Waals surface area contributed by atoms with E-state index < -0.39 is 0 Å². The number of benzene rings is 1. The van der Waals surface area contributed by atoms with Crippen LogP contribution in [0.15, 0.2) is 28.4 Å². The number of thiazole rings is 1. The van der Waals surface area contributed by atoms with Crippen LogP contribution in [0.3, 0.4) is 0 Å². The lowest BCUT2D eigenvalue weighted by atomic mass is 9.79. The Balaban J connectivity index is 1.48. The highest BCUT2D eigenvalue weighted by Gasteiger charge is 2.30. The van der Waals surface area contributed by atoms with E-state index in [0.717, 1.165) is 53.2 Å². The molecule has 40 heavy (non-hydrogen) atoms. The number of carbonyl (C=O) groups excluding carboxylic acids is 1. The first-order valence-electron chi connectivity index (χ1n) is 15.2. The van der Waals surface area contributed by atoms with Crippen LogP contribution in [0.2, 0.25) is 0 Å². The zero-order valence-electron chi connectivity index (χ0n) is 25.2. The third-order valence-corrected chi connectivity index (χ3v) is 9.69. The molecule has 3 aliphatic rings. The molecule has 1 amide bonds. The summed E-state index contributed by atoms with van der Waals surface area (Å²) < 4.78 is 5.48. The number of nitrogens with zero attached hydrogens (tertiary/aromatic N) is 3. The Bertz CT molecular complexity index is 1280. The van der Waals surface area contributed by atoms with Gasteiger partial charge in [-0.25, -0.2) is 4.98 Å². The molecule has 5 rings (SSSR count). The first-order chi connectivity index (χ1) is 19.0. The number of hydrogen-bond acceptors (Lipinski definition) is 6. The summed E-state index contributed by atoms with van der Waals surface area (Å²) in [4.78, 5) is 19.5. The molecular weight excluding hydrogens is 516 g/mol. The number of nitrogens with one attached hydrogen (secondary N) is 1. The van der Waals surface area contributed by atoms with Crippen molar-refractivity contribution < 1.29 is 9.53 Å². The Hall–Kier alpha value is -2.38. The number of amides is 1. The van der Waals surface area contributed by atoms with Gasteiger partial charge in [0.25, 0.3) is 5.91 Å². The number of aromatic nitrogens is 1. The lowest BCUT2D eigenvalue weighted by Gasteiger charge is -2.25. The zero-order valence-corrected chi connectivity index (χ0v) is 26.0. The van der Waals surface area contributed by atoms with Gasteiger partial charge in [0.2, 0.25) is 0 Å². The molecule has 6 nitrogen and oxygen atoms in total. The van der Waals surface area contributed by atoms with Crippen LogP contribution >= 0.6 is 11.3 Å². The van der Waals surface area contributed by atoms with Gasteiger partial charge < -0.3 is 10.1 Å². The molecule has 1 saturated heterocycles. The maximum atomic E-state index is 13.3. The van der Waals surface area contributed by atoms with Crippen LogP contribution in [0.25, 0.3) is 10.4 Å². The number of carbonyl (C=O) groups is 1. The second kappa shape index (κ2) is 11.8. The summed E-state index contributed by atoms with van der Waals surface area (Å²) >= 11 is 1.55. The molecular formula is C33H46N4O2S. The molecule has 0 bridgehead atoms. The highest BCUT2D eigenvalue weighted by atomic mass is 32.1. The lowest BCUT2D eigenvalue weighted by Crippen LogP contribution is -2.38. The molecule has 0 unspecified atom stereocenters. The largest absolute Gasteiger partial charge is 0.381 e. The second-order valence-electron chi connectivity index (χ2n) is 13.9. The zero-order chi connectivity index (χ0) is 28.5. The van der Waals surface area contributed by atoms with Crippen molar-refractivity contribution in [2.75, 3.05) is 13.2 Å². The summed E-state index contributed by atoms with van der Waals surface area (Å²) in [6.07, 6.45) is 9.88. The van der Waals surface area contributed by atoms with Crippen LogP contribution in [-0.2, 0) is 16.6 Å². The normalized spacial score (nSPS) is 19.4. The SMILES string of the molecule is CC(C)(C)C1=NN=C(c2ccc(-c3sc(C(=O)NC4CCOCC4)nc3CC3CCCCC3)cc2C(C)(C)C)C1. The Labute approximate surface area is 244 Å². The number of ether oxygens (including phenoxy) is 1. The van der Waals surface area contributed by atoms with Crippen LogP contribution in [0.5, 0.6) is 0 Å². The summed E-state index contributed by atoms with van der Waals surface area (Å²) in [6.45, 7) is 14.8. The molecule has 0 spiro atoms. The molecule has 1 aliphatic carbocycles. The highest BCUT2D eigenvalue weighted by Crippen LogP contribution is 2.39. The molecule has 0 radical (unpaired) electrons. The minimum absolute atomic E-state index is 0.00533. The van der Waals surface area contributed by atoms with E-state index in [1.54, 1.807) is 11.3 Å². The van der Waals surface area contributed by atoms with Crippen molar-refractivity contribution in [3.8, 4) is 10.4 Å². The van der Waals surface area contributed by atoms with Gasteiger partial charge >= 0.3 is 0 Å². The Kier molecular flexibility index (Phi) is 8.63. The van der Waals surface area contributed by atoms with Crippen molar-refractivity contribution in [3.63, 3.8) is 0 Å². The smallest absolute Gasteiger partial charge is 0.280 e. The minimum atomic E-state index is -0.0736. The Morgan fingerprint density at radius 1 is 0.975 bits per heavy atom. The van der Waals surface area contributed by atoms with E-state index >= 15 is 0 Å². The highest BCUT2D eigenvalue weighted by molar-refractivity contribution is 7.17. The van der Waals surface area contributed by atoms with Gasteiger partial charge in [0, 0.05) is 36.7 Å². The summed E-state index contributed by atoms with van der Waals surface area (Å²) in [5.41, 5.74) is 6.78. The topological polar surface area (TPSA) is 75.9 Å². The van der Waals surface area contributed by atoms with Crippen molar-refractivity contribution in [1.82, 2.24) is 10.3 Å². The minimum Gasteiger partial charge on any atom is -0.381 e. The first-order valence-corrected chi connectivity index (χ1v) is 16.0. The molecule has 0 atom stereocenters. The molecule has 7 heteroatoms. The average molecular weight is 563 g/mol. The third-order valence-electron chi connectivity index (χ3n) is 8.55. The molecule has 3 heterocycles. The van der Waals surface area contributed by atoms with Crippen LogP contribution in [-0.4, -0.2) is 41.6 Å². The van der Waals surface area contributed by atoms with Crippen molar-refractivity contribution in [1.29, 1.82) is 0 Å². The quantitative estimate of drug-likeness (QED) is 0.391. The predicted molar refractivity (Wildman–Crippen MR) is 166 cm³/mol. The van der Waals surface area contributed by atoms with E-state index in [1.807, 2.05) is 0 Å². The Morgan fingerprint density at radius 2 is 1.70 bits per heavy atom. The van der Waals surface area contributed by atoms with Crippen LogP contribution in [0.1, 0.15) is 120 Å². The van der Waals surface area contributed by atoms with E-state index in [9.17, 15) is 4.79 Å². The van der Waals surface area contributed by atoms with Gasteiger partial charge in [0.15, 0.2) is 5.01 Å². The average Bonchev–Trinajstić information content (AvgIpc) is 3.57. The summed E-state index contributed by atoms with van der Waals surface area (Å²) in [7, 11) is 0. The van der Waals surface area contributed by atoms with Crippen molar-refractivity contribution in [2.45, 2.75) is 111 Å². The molecule has 1 saturated carbocycles. The summed E-state index contributed by atoms with van der Waals surface area (Å²) in [6, 6.07) is 6.92. The number of rotatable bonds is 6. The van der Waals surface area contributed by atoms with Gasteiger partial charge in [-0.2, -0.15) is 10.2 Å².